The van der Waals surface area contributed by atoms with Gasteiger partial charge in [0.15, 0.2) is 11.6 Å². The van der Waals surface area contributed by atoms with Crippen molar-refractivity contribution in [2.75, 3.05) is 6.54 Å². The molecule has 0 aliphatic carbocycles. The van der Waals surface area contributed by atoms with E-state index in [-0.39, 0.29) is 0 Å². The van der Waals surface area contributed by atoms with Crippen molar-refractivity contribution < 1.29 is 0 Å². The minimum atomic E-state index is 0.703. The molecular formula is C18H18N8. The molecule has 0 saturated carbocycles. The maximum atomic E-state index is 4.72. The number of hydrogen-bond donors (Lipinski definition) is 2. The van der Waals surface area contributed by atoms with E-state index in [1.807, 2.05) is 37.4 Å². The average molecular weight is 346 g/mol. The Morgan fingerprint density at radius 2 is 2.04 bits per heavy atom. The van der Waals surface area contributed by atoms with E-state index in [0.29, 0.717) is 5.82 Å². The monoisotopic (exact) mass is 346 g/mol. The molecule has 1 aromatic carbocycles. The van der Waals surface area contributed by atoms with Crippen molar-refractivity contribution in [1.29, 1.82) is 0 Å². The molecule has 130 valence electrons. The highest BCUT2D eigenvalue weighted by atomic mass is 15.3. The standard InChI is InChI=1S/C18H18N8/c1-12-21-17(23-22-12)13-2-4-14(5-3-13)25-8-7-20-18(25)16-10-15-11-19-6-9-26(15)24-16/h2-5,7-8,10,19H,6,9,11H2,1H3,(H,21,22,23). The molecule has 0 spiro atoms. The normalized spacial score (nSPS) is 13.7. The third kappa shape index (κ3) is 2.51. The molecule has 5 rings (SSSR count). The number of benzene rings is 1. The van der Waals surface area contributed by atoms with E-state index in [2.05, 4.69) is 40.8 Å². The first-order chi connectivity index (χ1) is 12.8. The number of nitrogens with zero attached hydrogens (tertiary/aromatic N) is 6. The fourth-order valence-electron chi connectivity index (χ4n) is 3.25. The number of aromatic amines is 1. The molecule has 0 amide bonds. The van der Waals surface area contributed by atoms with Gasteiger partial charge in [-0.3, -0.25) is 14.3 Å². The lowest BCUT2D eigenvalue weighted by molar-refractivity contribution is 0.476. The largest absolute Gasteiger partial charge is 0.309 e. The van der Waals surface area contributed by atoms with Crippen LogP contribution in [0.25, 0.3) is 28.6 Å². The van der Waals surface area contributed by atoms with Gasteiger partial charge in [-0.1, -0.05) is 0 Å². The second-order valence-electron chi connectivity index (χ2n) is 6.33. The van der Waals surface area contributed by atoms with Crippen molar-refractivity contribution >= 4 is 0 Å². The van der Waals surface area contributed by atoms with E-state index in [1.54, 1.807) is 6.20 Å². The molecule has 0 bridgehead atoms. The molecule has 0 fully saturated rings. The van der Waals surface area contributed by atoms with Gasteiger partial charge in [-0.05, 0) is 37.3 Å². The van der Waals surface area contributed by atoms with E-state index < -0.39 is 0 Å². The summed E-state index contributed by atoms with van der Waals surface area (Å²) in [6.07, 6.45) is 3.76. The Balaban J connectivity index is 1.50. The first kappa shape index (κ1) is 15.0. The SMILES string of the molecule is Cc1nc(-c2ccc(-n3ccnc3-c3cc4n(n3)CCNC4)cc2)n[nH]1. The van der Waals surface area contributed by atoms with Crippen LogP contribution >= 0.6 is 0 Å². The molecule has 0 radical (unpaired) electrons. The van der Waals surface area contributed by atoms with Crippen LogP contribution in [0, 0.1) is 6.92 Å². The van der Waals surface area contributed by atoms with Crippen LogP contribution in [0.3, 0.4) is 0 Å². The van der Waals surface area contributed by atoms with Gasteiger partial charge >= 0.3 is 0 Å². The fourth-order valence-corrected chi connectivity index (χ4v) is 3.25. The van der Waals surface area contributed by atoms with Gasteiger partial charge in [0.2, 0.25) is 0 Å². The van der Waals surface area contributed by atoms with Crippen LogP contribution in [-0.2, 0) is 13.1 Å². The number of H-pyrrole nitrogens is 1. The predicted molar refractivity (Wildman–Crippen MR) is 96.6 cm³/mol. The zero-order valence-corrected chi connectivity index (χ0v) is 14.3. The lowest BCUT2D eigenvalue weighted by Gasteiger charge is -2.13. The van der Waals surface area contributed by atoms with Gasteiger partial charge in [-0.2, -0.15) is 10.2 Å². The molecule has 8 nitrogen and oxygen atoms in total. The number of aryl methyl sites for hydroxylation is 1. The van der Waals surface area contributed by atoms with Crippen LogP contribution in [0.2, 0.25) is 0 Å². The summed E-state index contributed by atoms with van der Waals surface area (Å²) in [7, 11) is 0. The smallest absolute Gasteiger partial charge is 0.181 e. The summed E-state index contributed by atoms with van der Waals surface area (Å²) >= 11 is 0. The summed E-state index contributed by atoms with van der Waals surface area (Å²) in [5, 5.41) is 15.2. The lowest BCUT2D eigenvalue weighted by atomic mass is 10.2. The van der Waals surface area contributed by atoms with Crippen molar-refractivity contribution in [2.45, 2.75) is 20.0 Å². The van der Waals surface area contributed by atoms with Crippen molar-refractivity contribution in [2.24, 2.45) is 0 Å². The summed E-state index contributed by atoms with van der Waals surface area (Å²) in [6.45, 7) is 4.58. The molecule has 3 aromatic heterocycles. The Morgan fingerprint density at radius 1 is 1.15 bits per heavy atom. The molecule has 4 aromatic rings. The van der Waals surface area contributed by atoms with Crippen molar-refractivity contribution in [3.63, 3.8) is 0 Å². The van der Waals surface area contributed by atoms with Gasteiger partial charge < -0.3 is 5.32 Å². The van der Waals surface area contributed by atoms with Crippen molar-refractivity contribution in [3.8, 4) is 28.6 Å². The van der Waals surface area contributed by atoms with E-state index in [4.69, 9.17) is 5.10 Å². The number of imidazole rings is 1. The minimum absolute atomic E-state index is 0.703. The molecule has 0 unspecified atom stereocenters. The van der Waals surface area contributed by atoms with E-state index in [0.717, 1.165) is 48.2 Å². The van der Waals surface area contributed by atoms with Crippen LogP contribution in [0.15, 0.2) is 42.7 Å². The summed E-state index contributed by atoms with van der Waals surface area (Å²) in [4.78, 5) is 8.90. The topological polar surface area (TPSA) is 89.2 Å². The molecule has 1 aliphatic heterocycles. The molecule has 4 heterocycles. The highest BCUT2D eigenvalue weighted by molar-refractivity contribution is 5.59. The first-order valence-electron chi connectivity index (χ1n) is 8.59. The van der Waals surface area contributed by atoms with E-state index in [1.165, 1.54) is 5.69 Å². The summed E-state index contributed by atoms with van der Waals surface area (Å²) in [6, 6.07) is 10.2. The Bertz CT molecular complexity index is 1030. The summed E-state index contributed by atoms with van der Waals surface area (Å²) in [5.74, 6) is 2.35. The average Bonchev–Trinajstić information content (AvgIpc) is 3.40. The molecular weight excluding hydrogens is 328 g/mol. The van der Waals surface area contributed by atoms with Crippen LogP contribution in [0.1, 0.15) is 11.5 Å². The van der Waals surface area contributed by atoms with Gasteiger partial charge in [-0.15, -0.1) is 0 Å². The van der Waals surface area contributed by atoms with Crippen molar-refractivity contribution in [1.82, 2.24) is 39.8 Å². The number of nitrogens with one attached hydrogen (secondary N) is 2. The Hall–Kier alpha value is -3.26. The summed E-state index contributed by atoms with van der Waals surface area (Å²) in [5.41, 5.74) is 4.08. The number of hydrogen-bond acceptors (Lipinski definition) is 5. The van der Waals surface area contributed by atoms with Gasteiger partial charge in [0.1, 0.15) is 11.5 Å². The maximum Gasteiger partial charge on any atom is 0.181 e. The zero-order valence-electron chi connectivity index (χ0n) is 14.3. The molecule has 2 N–H and O–H groups in total. The summed E-state index contributed by atoms with van der Waals surface area (Å²) < 4.78 is 4.11. The highest BCUT2D eigenvalue weighted by Gasteiger charge is 2.16. The van der Waals surface area contributed by atoms with E-state index >= 15 is 0 Å². The Labute approximate surface area is 149 Å². The van der Waals surface area contributed by atoms with Gasteiger partial charge in [-0.25, -0.2) is 9.97 Å². The second-order valence-corrected chi connectivity index (χ2v) is 6.33. The predicted octanol–water partition coefficient (Wildman–Crippen LogP) is 1.93. The van der Waals surface area contributed by atoms with Crippen molar-refractivity contribution in [3.05, 3.63) is 54.2 Å². The fraction of sp³-hybridized carbons (Fsp3) is 0.222. The highest BCUT2D eigenvalue weighted by Crippen LogP contribution is 2.24. The quantitative estimate of drug-likeness (QED) is 0.592. The van der Waals surface area contributed by atoms with E-state index in [9.17, 15) is 0 Å². The third-order valence-corrected chi connectivity index (χ3v) is 4.54. The van der Waals surface area contributed by atoms with Gasteiger partial charge in [0.25, 0.3) is 0 Å². The van der Waals surface area contributed by atoms with Crippen LogP contribution in [0.5, 0.6) is 0 Å². The molecule has 1 aliphatic rings. The Kier molecular flexibility index (Phi) is 3.42. The Morgan fingerprint density at radius 3 is 2.81 bits per heavy atom. The number of aromatic nitrogens is 7. The van der Waals surface area contributed by atoms with Crippen LogP contribution in [-0.4, -0.2) is 41.1 Å². The van der Waals surface area contributed by atoms with Crippen LogP contribution in [0.4, 0.5) is 0 Å². The molecule has 8 heteroatoms. The molecule has 0 saturated heterocycles. The maximum absolute atomic E-state index is 4.72. The number of fused-ring (bicyclic) bond motifs is 1. The second kappa shape index (κ2) is 5.92. The first-order valence-corrected chi connectivity index (χ1v) is 8.59. The van der Waals surface area contributed by atoms with Gasteiger partial charge in [0.05, 0.1) is 12.2 Å². The minimum Gasteiger partial charge on any atom is -0.309 e. The lowest BCUT2D eigenvalue weighted by Crippen LogP contribution is -2.28. The number of rotatable bonds is 3. The van der Waals surface area contributed by atoms with Crippen LogP contribution < -0.4 is 5.32 Å². The molecule has 26 heavy (non-hydrogen) atoms. The zero-order chi connectivity index (χ0) is 17.5. The molecule has 0 atom stereocenters. The third-order valence-electron chi connectivity index (χ3n) is 4.54. The van der Waals surface area contributed by atoms with Gasteiger partial charge in [0, 0.05) is 36.7 Å².